The number of rotatable bonds is 5. The molecule has 10 heteroatoms. The molecule has 9 nitrogen and oxygen atoms in total. The van der Waals surface area contributed by atoms with Crippen LogP contribution in [0, 0.1) is 0 Å². The highest BCUT2D eigenvalue weighted by molar-refractivity contribution is 6.30. The minimum absolute atomic E-state index is 0.207. The molecule has 1 saturated carbocycles. The molecule has 1 aliphatic carbocycles. The molecule has 5 rings (SSSR count). The maximum Gasteiger partial charge on any atom is 0.177 e. The molecule has 3 aromatic rings. The Bertz CT molecular complexity index is 1120. The molecule has 1 saturated heterocycles. The number of aliphatic hydroxyl groups is 3. The van der Waals surface area contributed by atoms with Gasteiger partial charge in [-0.25, -0.2) is 15.0 Å². The Labute approximate surface area is 183 Å². The van der Waals surface area contributed by atoms with E-state index in [0.717, 1.165) is 24.8 Å². The maximum absolute atomic E-state index is 11.3. The summed E-state index contributed by atoms with van der Waals surface area (Å²) in [7, 11) is 0. The number of benzene rings is 1. The van der Waals surface area contributed by atoms with Gasteiger partial charge in [0.1, 0.15) is 30.2 Å². The SMILES string of the molecule is Nc1ncnc2c1ncn2[C@]1(CC2(c3cccc(Cl)c3)CCC2)O[C@H](CO)[C@@H](O)[C@H]1O. The third-order valence-corrected chi connectivity index (χ3v) is 7.05. The first-order valence-electron chi connectivity index (χ1n) is 10.3. The number of nitrogen functional groups attached to an aromatic ring is 1. The lowest BCUT2D eigenvalue weighted by Crippen LogP contribution is -2.52. The van der Waals surface area contributed by atoms with Crippen molar-refractivity contribution in [2.75, 3.05) is 12.3 Å². The van der Waals surface area contributed by atoms with Crippen LogP contribution in [0.1, 0.15) is 31.2 Å². The second-order valence-corrected chi connectivity index (χ2v) is 8.92. The van der Waals surface area contributed by atoms with Crippen LogP contribution in [0.5, 0.6) is 0 Å². The summed E-state index contributed by atoms with van der Waals surface area (Å²) in [6, 6.07) is 7.68. The van der Waals surface area contributed by atoms with Crippen molar-refractivity contribution >= 4 is 28.6 Å². The number of imidazole rings is 1. The first kappa shape index (κ1) is 20.6. The van der Waals surface area contributed by atoms with Crippen molar-refractivity contribution in [2.45, 2.75) is 55.1 Å². The highest BCUT2D eigenvalue weighted by Gasteiger charge is 2.60. The number of aliphatic hydroxyl groups excluding tert-OH is 3. The molecule has 0 bridgehead atoms. The van der Waals surface area contributed by atoms with Crippen molar-refractivity contribution in [3.8, 4) is 0 Å². The lowest BCUT2D eigenvalue weighted by molar-refractivity contribution is -0.166. The molecule has 2 aromatic heterocycles. The Kier molecular flexibility index (Phi) is 4.91. The van der Waals surface area contributed by atoms with Crippen molar-refractivity contribution in [1.29, 1.82) is 0 Å². The van der Waals surface area contributed by atoms with Crippen LogP contribution in [0.3, 0.4) is 0 Å². The van der Waals surface area contributed by atoms with E-state index in [2.05, 4.69) is 15.0 Å². The summed E-state index contributed by atoms with van der Waals surface area (Å²) in [4.78, 5) is 12.6. The van der Waals surface area contributed by atoms with Crippen LogP contribution in [-0.2, 0) is 15.9 Å². The zero-order valence-corrected chi connectivity index (χ0v) is 17.5. The lowest BCUT2D eigenvalue weighted by Gasteiger charge is -2.49. The van der Waals surface area contributed by atoms with E-state index in [0.29, 0.717) is 22.6 Å². The number of hydrogen-bond donors (Lipinski definition) is 4. The predicted molar refractivity (Wildman–Crippen MR) is 113 cm³/mol. The van der Waals surface area contributed by atoms with E-state index in [1.807, 2.05) is 24.3 Å². The van der Waals surface area contributed by atoms with E-state index < -0.39 is 30.6 Å². The van der Waals surface area contributed by atoms with E-state index >= 15 is 0 Å². The van der Waals surface area contributed by atoms with Gasteiger partial charge in [-0.05, 0) is 30.5 Å². The molecule has 0 spiro atoms. The fraction of sp³-hybridized carbons (Fsp3) is 0.476. The van der Waals surface area contributed by atoms with Gasteiger partial charge < -0.3 is 25.8 Å². The summed E-state index contributed by atoms with van der Waals surface area (Å²) < 4.78 is 7.86. The number of anilines is 1. The Morgan fingerprint density at radius 3 is 2.68 bits per heavy atom. The second-order valence-electron chi connectivity index (χ2n) is 8.49. The predicted octanol–water partition coefficient (Wildman–Crippen LogP) is 1.34. The van der Waals surface area contributed by atoms with Gasteiger partial charge >= 0.3 is 0 Å². The Hall–Kier alpha value is -2.30. The van der Waals surface area contributed by atoms with Gasteiger partial charge in [0.2, 0.25) is 0 Å². The molecule has 3 heterocycles. The molecule has 0 unspecified atom stereocenters. The molecule has 0 radical (unpaired) electrons. The molecular formula is C21H24ClN5O4. The normalized spacial score (nSPS) is 29.9. The summed E-state index contributed by atoms with van der Waals surface area (Å²) in [5.74, 6) is 0.207. The Balaban J connectivity index is 1.68. The Morgan fingerprint density at radius 1 is 1.23 bits per heavy atom. The van der Waals surface area contributed by atoms with Crippen LogP contribution in [-0.4, -0.2) is 59.8 Å². The quantitative estimate of drug-likeness (QED) is 0.461. The summed E-state index contributed by atoms with van der Waals surface area (Å²) in [6.07, 6.45) is 2.35. The van der Waals surface area contributed by atoms with Gasteiger partial charge in [-0.2, -0.15) is 0 Å². The van der Waals surface area contributed by atoms with Crippen molar-refractivity contribution in [2.24, 2.45) is 0 Å². The maximum atomic E-state index is 11.3. The molecule has 0 amide bonds. The van der Waals surface area contributed by atoms with Gasteiger partial charge in [-0.1, -0.05) is 30.2 Å². The number of fused-ring (bicyclic) bond motifs is 1. The second kappa shape index (κ2) is 7.39. The largest absolute Gasteiger partial charge is 0.394 e. The zero-order chi connectivity index (χ0) is 21.8. The van der Waals surface area contributed by atoms with Crippen LogP contribution in [0.2, 0.25) is 5.02 Å². The van der Waals surface area contributed by atoms with E-state index in [1.165, 1.54) is 12.7 Å². The number of nitrogens with zero attached hydrogens (tertiary/aromatic N) is 4. The minimum atomic E-state index is -1.41. The van der Waals surface area contributed by atoms with E-state index in [4.69, 9.17) is 22.1 Å². The molecule has 31 heavy (non-hydrogen) atoms. The molecular weight excluding hydrogens is 422 g/mol. The molecule has 2 fully saturated rings. The van der Waals surface area contributed by atoms with Gasteiger partial charge in [-0.15, -0.1) is 0 Å². The molecule has 5 N–H and O–H groups in total. The van der Waals surface area contributed by atoms with E-state index in [-0.39, 0.29) is 11.2 Å². The summed E-state index contributed by atoms with van der Waals surface area (Å²) in [5, 5.41) is 32.3. The van der Waals surface area contributed by atoms with Gasteiger partial charge in [0, 0.05) is 16.9 Å². The monoisotopic (exact) mass is 445 g/mol. The first-order chi connectivity index (χ1) is 14.9. The van der Waals surface area contributed by atoms with Crippen molar-refractivity contribution in [3.63, 3.8) is 0 Å². The first-order valence-corrected chi connectivity index (χ1v) is 10.6. The summed E-state index contributed by atoms with van der Waals surface area (Å²) >= 11 is 6.28. The molecule has 2 aliphatic rings. The fourth-order valence-corrected chi connectivity index (χ4v) is 5.24. The van der Waals surface area contributed by atoms with Crippen LogP contribution in [0.25, 0.3) is 11.2 Å². The van der Waals surface area contributed by atoms with Gasteiger partial charge in [0.05, 0.1) is 12.9 Å². The standard InChI is InChI=1S/C21H24ClN5O4/c22-13-4-1-3-12(7-13)20(5-2-6-20)9-21(17(30)16(29)14(8-28)31-21)27-11-26-15-18(23)24-10-25-19(15)27/h1,3-4,7,10-11,14,16-17,28-30H,2,5-6,8-9H2,(H2,23,24,25)/t14-,16-,17-,21-/m1/s1. The summed E-state index contributed by atoms with van der Waals surface area (Å²) in [5.41, 5.74) is 6.03. The minimum Gasteiger partial charge on any atom is -0.394 e. The van der Waals surface area contributed by atoms with Crippen molar-refractivity contribution in [1.82, 2.24) is 19.5 Å². The lowest BCUT2D eigenvalue weighted by atomic mass is 9.60. The smallest absolute Gasteiger partial charge is 0.177 e. The van der Waals surface area contributed by atoms with Gasteiger partial charge in [0.25, 0.3) is 0 Å². The Morgan fingerprint density at radius 2 is 2.03 bits per heavy atom. The topological polar surface area (TPSA) is 140 Å². The molecule has 1 aliphatic heterocycles. The van der Waals surface area contributed by atoms with E-state index in [1.54, 1.807) is 4.57 Å². The molecule has 1 aromatic carbocycles. The number of aromatic nitrogens is 4. The van der Waals surface area contributed by atoms with Gasteiger partial charge in [-0.3, -0.25) is 4.57 Å². The fourth-order valence-electron chi connectivity index (χ4n) is 5.05. The third kappa shape index (κ3) is 3.03. The van der Waals surface area contributed by atoms with Gasteiger partial charge in [0.15, 0.2) is 17.2 Å². The number of hydrogen-bond acceptors (Lipinski definition) is 8. The van der Waals surface area contributed by atoms with Crippen molar-refractivity contribution < 1.29 is 20.1 Å². The van der Waals surface area contributed by atoms with Crippen molar-refractivity contribution in [3.05, 3.63) is 47.5 Å². The van der Waals surface area contributed by atoms with Crippen LogP contribution >= 0.6 is 11.6 Å². The molecule has 4 atom stereocenters. The van der Waals surface area contributed by atoms with Crippen LogP contribution in [0.4, 0.5) is 5.82 Å². The average molecular weight is 446 g/mol. The molecule has 164 valence electrons. The zero-order valence-electron chi connectivity index (χ0n) is 16.7. The van der Waals surface area contributed by atoms with E-state index in [9.17, 15) is 15.3 Å². The number of ether oxygens (including phenoxy) is 1. The summed E-state index contributed by atoms with van der Waals surface area (Å²) in [6.45, 7) is -0.437. The highest BCUT2D eigenvalue weighted by atomic mass is 35.5. The van der Waals surface area contributed by atoms with Crippen LogP contribution < -0.4 is 5.73 Å². The highest BCUT2D eigenvalue weighted by Crippen LogP contribution is 2.54. The van der Waals surface area contributed by atoms with Crippen LogP contribution in [0.15, 0.2) is 36.9 Å². The third-order valence-electron chi connectivity index (χ3n) is 6.81. The number of halogens is 1. The average Bonchev–Trinajstić information content (AvgIpc) is 3.27. The number of nitrogens with two attached hydrogens (primary N) is 1.